The van der Waals surface area contributed by atoms with Gasteiger partial charge in [0.2, 0.25) is 6.10 Å². The number of ether oxygens (including phenoxy) is 4. The molecule has 1 aliphatic heterocycles. The molecule has 9 heteroatoms. The number of hydrogen-bond acceptors (Lipinski definition) is 8. The maximum Gasteiger partial charge on any atom is 0.351 e. The second kappa shape index (κ2) is 8.74. The zero-order valence-corrected chi connectivity index (χ0v) is 17.2. The molecule has 0 saturated carbocycles. The SMILES string of the molecule is CCOC(=O)c1c(NC(=O)COC(=O)C2COc3ccccc3O2)sc2c1CCC2. The van der Waals surface area contributed by atoms with Crippen molar-refractivity contribution in [3.05, 3.63) is 40.3 Å². The molecular formula is C21H21NO7S. The second-order valence-electron chi connectivity index (χ2n) is 6.80. The van der Waals surface area contributed by atoms with Gasteiger partial charge in [0.15, 0.2) is 18.1 Å². The molecule has 0 bridgehead atoms. The fourth-order valence-corrected chi connectivity index (χ4v) is 4.73. The molecular weight excluding hydrogens is 410 g/mol. The Bertz CT molecular complexity index is 984. The van der Waals surface area contributed by atoms with E-state index >= 15 is 0 Å². The van der Waals surface area contributed by atoms with Gasteiger partial charge in [0.1, 0.15) is 11.6 Å². The van der Waals surface area contributed by atoms with Crippen molar-refractivity contribution in [2.75, 3.05) is 25.1 Å². The lowest BCUT2D eigenvalue weighted by atomic mass is 10.1. The van der Waals surface area contributed by atoms with Crippen molar-refractivity contribution in [1.29, 1.82) is 0 Å². The quantitative estimate of drug-likeness (QED) is 0.702. The number of fused-ring (bicyclic) bond motifs is 2. The summed E-state index contributed by atoms with van der Waals surface area (Å²) in [6.45, 7) is 1.49. The van der Waals surface area contributed by atoms with Gasteiger partial charge in [0.05, 0.1) is 12.2 Å². The molecule has 158 valence electrons. The second-order valence-corrected chi connectivity index (χ2v) is 7.91. The number of esters is 2. The number of nitrogens with one attached hydrogen (secondary N) is 1. The number of para-hydroxylation sites is 2. The summed E-state index contributed by atoms with van der Waals surface area (Å²) in [5.41, 5.74) is 1.35. The summed E-state index contributed by atoms with van der Waals surface area (Å²) >= 11 is 1.37. The Kier molecular flexibility index (Phi) is 5.89. The van der Waals surface area contributed by atoms with E-state index in [1.54, 1.807) is 31.2 Å². The van der Waals surface area contributed by atoms with Gasteiger partial charge in [-0.3, -0.25) is 4.79 Å². The van der Waals surface area contributed by atoms with Gasteiger partial charge in [0.25, 0.3) is 5.91 Å². The highest BCUT2D eigenvalue weighted by Gasteiger charge is 2.30. The molecule has 1 atom stereocenters. The van der Waals surface area contributed by atoms with Crippen LogP contribution in [0.1, 0.15) is 34.1 Å². The van der Waals surface area contributed by atoms with Gasteiger partial charge in [-0.25, -0.2) is 9.59 Å². The highest BCUT2D eigenvalue weighted by Crippen LogP contribution is 2.39. The minimum absolute atomic E-state index is 0.00210. The molecule has 1 aromatic heterocycles. The normalized spacial score (nSPS) is 16.5. The number of amides is 1. The Labute approximate surface area is 177 Å². The highest BCUT2D eigenvalue weighted by atomic mass is 32.1. The van der Waals surface area contributed by atoms with Gasteiger partial charge < -0.3 is 24.3 Å². The summed E-state index contributed by atoms with van der Waals surface area (Å²) in [6, 6.07) is 7.00. The van der Waals surface area contributed by atoms with Gasteiger partial charge in [0, 0.05) is 4.88 Å². The number of thiophene rings is 1. The minimum atomic E-state index is -0.951. The summed E-state index contributed by atoms with van der Waals surface area (Å²) in [7, 11) is 0. The molecule has 2 aliphatic rings. The predicted octanol–water partition coefficient (Wildman–Crippen LogP) is 2.74. The van der Waals surface area contributed by atoms with E-state index < -0.39 is 30.6 Å². The number of hydrogen-bond donors (Lipinski definition) is 1. The van der Waals surface area contributed by atoms with E-state index in [0.29, 0.717) is 22.1 Å². The van der Waals surface area contributed by atoms with Crippen LogP contribution in [-0.2, 0) is 31.9 Å². The summed E-state index contributed by atoms with van der Waals surface area (Å²) in [5.74, 6) is -0.681. The van der Waals surface area contributed by atoms with Crippen molar-refractivity contribution >= 4 is 34.2 Å². The molecule has 0 spiro atoms. The maximum absolute atomic E-state index is 12.4. The van der Waals surface area contributed by atoms with Crippen molar-refractivity contribution in [1.82, 2.24) is 0 Å². The van der Waals surface area contributed by atoms with Crippen LogP contribution in [0.4, 0.5) is 5.00 Å². The molecule has 1 amide bonds. The molecule has 2 aromatic rings. The average molecular weight is 431 g/mol. The van der Waals surface area contributed by atoms with Crippen molar-refractivity contribution in [2.45, 2.75) is 32.3 Å². The van der Waals surface area contributed by atoms with E-state index in [9.17, 15) is 14.4 Å². The van der Waals surface area contributed by atoms with Gasteiger partial charge in [-0.15, -0.1) is 11.3 Å². The number of aryl methyl sites for hydroxylation is 1. The molecule has 0 saturated heterocycles. The number of rotatable bonds is 6. The van der Waals surface area contributed by atoms with Gasteiger partial charge in [-0.05, 0) is 43.9 Å². The van der Waals surface area contributed by atoms with Crippen LogP contribution < -0.4 is 14.8 Å². The average Bonchev–Trinajstić information content (AvgIpc) is 3.32. The molecule has 8 nitrogen and oxygen atoms in total. The van der Waals surface area contributed by atoms with Crippen molar-refractivity contribution in [3.8, 4) is 11.5 Å². The maximum atomic E-state index is 12.4. The monoisotopic (exact) mass is 431 g/mol. The van der Waals surface area contributed by atoms with Gasteiger partial charge in [-0.2, -0.15) is 0 Å². The molecule has 1 aliphatic carbocycles. The standard InChI is InChI=1S/C21H21NO7S/c1-2-26-21(25)18-12-6-5-9-16(12)30-19(18)22-17(23)11-28-20(24)15-10-27-13-7-3-4-8-14(13)29-15/h3-4,7-8,15H,2,5-6,9-11H2,1H3,(H,22,23). The fraction of sp³-hybridized carbons (Fsp3) is 0.381. The van der Waals surface area contributed by atoms with Crippen LogP contribution in [-0.4, -0.2) is 43.8 Å². The first kappa shape index (κ1) is 20.2. The lowest BCUT2D eigenvalue weighted by Crippen LogP contribution is -2.39. The number of carbonyl (C=O) groups excluding carboxylic acids is 3. The van der Waals surface area contributed by atoms with Crippen LogP contribution in [0.2, 0.25) is 0 Å². The highest BCUT2D eigenvalue weighted by molar-refractivity contribution is 7.17. The van der Waals surface area contributed by atoms with E-state index in [4.69, 9.17) is 18.9 Å². The molecule has 1 N–H and O–H groups in total. The third kappa shape index (κ3) is 4.11. The van der Waals surface area contributed by atoms with E-state index in [1.165, 1.54) is 11.3 Å². The number of benzene rings is 1. The van der Waals surface area contributed by atoms with E-state index in [0.717, 1.165) is 29.7 Å². The first-order chi connectivity index (χ1) is 14.6. The Morgan fingerprint density at radius 3 is 2.77 bits per heavy atom. The van der Waals surface area contributed by atoms with Crippen LogP contribution >= 0.6 is 11.3 Å². The Morgan fingerprint density at radius 1 is 1.17 bits per heavy atom. The van der Waals surface area contributed by atoms with E-state index in [1.807, 2.05) is 0 Å². The van der Waals surface area contributed by atoms with Crippen LogP contribution in [0, 0.1) is 0 Å². The zero-order chi connectivity index (χ0) is 21.1. The third-order valence-corrected chi connectivity index (χ3v) is 5.98. The van der Waals surface area contributed by atoms with Crippen LogP contribution in [0.25, 0.3) is 0 Å². The van der Waals surface area contributed by atoms with E-state index in [-0.39, 0.29) is 13.2 Å². The van der Waals surface area contributed by atoms with Crippen molar-refractivity contribution in [3.63, 3.8) is 0 Å². The first-order valence-electron chi connectivity index (χ1n) is 9.73. The zero-order valence-electron chi connectivity index (χ0n) is 16.4. The largest absolute Gasteiger partial charge is 0.485 e. The molecule has 0 fully saturated rings. The number of anilines is 1. The van der Waals surface area contributed by atoms with Crippen molar-refractivity contribution < 1.29 is 33.3 Å². The number of carbonyl (C=O) groups is 3. The predicted molar refractivity (Wildman–Crippen MR) is 108 cm³/mol. The lowest BCUT2D eigenvalue weighted by Gasteiger charge is -2.24. The minimum Gasteiger partial charge on any atom is -0.485 e. The molecule has 0 radical (unpaired) electrons. The third-order valence-electron chi connectivity index (χ3n) is 4.77. The molecule has 4 rings (SSSR count). The lowest BCUT2D eigenvalue weighted by molar-refractivity contribution is -0.156. The van der Waals surface area contributed by atoms with E-state index in [2.05, 4.69) is 5.32 Å². The summed E-state index contributed by atoms with van der Waals surface area (Å²) < 4.78 is 21.3. The fourth-order valence-electron chi connectivity index (χ4n) is 3.44. The Morgan fingerprint density at radius 2 is 1.97 bits per heavy atom. The first-order valence-corrected chi connectivity index (χ1v) is 10.5. The Hall–Kier alpha value is -3.07. The molecule has 1 aromatic carbocycles. The molecule has 2 heterocycles. The smallest absolute Gasteiger partial charge is 0.351 e. The van der Waals surface area contributed by atoms with Crippen LogP contribution in [0.15, 0.2) is 24.3 Å². The molecule has 30 heavy (non-hydrogen) atoms. The van der Waals surface area contributed by atoms with Crippen molar-refractivity contribution in [2.24, 2.45) is 0 Å². The summed E-state index contributed by atoms with van der Waals surface area (Å²) in [6.07, 6.45) is 1.68. The summed E-state index contributed by atoms with van der Waals surface area (Å²) in [5, 5.41) is 3.12. The van der Waals surface area contributed by atoms with Gasteiger partial charge in [-0.1, -0.05) is 12.1 Å². The summed E-state index contributed by atoms with van der Waals surface area (Å²) in [4.78, 5) is 38.1. The molecule has 1 unspecified atom stereocenters. The van der Waals surface area contributed by atoms with Crippen LogP contribution in [0.3, 0.4) is 0 Å². The van der Waals surface area contributed by atoms with Crippen LogP contribution in [0.5, 0.6) is 11.5 Å². The topological polar surface area (TPSA) is 100 Å². The van der Waals surface area contributed by atoms with Gasteiger partial charge >= 0.3 is 11.9 Å². The Balaban J connectivity index is 1.36.